The number of aryl methyl sites for hydroxylation is 2. The predicted octanol–water partition coefficient (Wildman–Crippen LogP) is 2.34. The van der Waals surface area contributed by atoms with Crippen molar-refractivity contribution in [1.82, 2.24) is 15.0 Å². The Bertz CT molecular complexity index is 766. The molecule has 1 spiro atoms. The second-order valence-electron chi connectivity index (χ2n) is 6.80. The molecule has 7 nitrogen and oxygen atoms in total. The highest BCUT2D eigenvalue weighted by Gasteiger charge is 2.50. The average molecular weight is 363 g/mol. The molecule has 0 unspecified atom stereocenters. The molecule has 4 rings (SSSR count). The lowest BCUT2D eigenvalue weighted by Gasteiger charge is -2.52. The molecule has 2 saturated heterocycles. The molecule has 0 aliphatic carbocycles. The number of thiazole rings is 1. The number of amides is 1. The SMILES string of the molecule is Cc1cc(C(=O)N2CC3(C[C@H](OCc4csc(C)n4)CCO3)C2)no1. The molecular weight excluding hydrogens is 342 g/mol. The maximum atomic E-state index is 12.4. The first kappa shape index (κ1) is 16.7. The molecule has 8 heteroatoms. The van der Waals surface area contributed by atoms with Crippen LogP contribution in [0.25, 0.3) is 0 Å². The summed E-state index contributed by atoms with van der Waals surface area (Å²) in [6.45, 7) is 6.12. The van der Waals surface area contributed by atoms with Gasteiger partial charge in [-0.15, -0.1) is 11.3 Å². The van der Waals surface area contributed by atoms with Crippen molar-refractivity contribution in [3.63, 3.8) is 0 Å². The summed E-state index contributed by atoms with van der Waals surface area (Å²) in [7, 11) is 0. The van der Waals surface area contributed by atoms with Crippen LogP contribution in [0.1, 0.15) is 39.8 Å². The van der Waals surface area contributed by atoms with Crippen LogP contribution in [0, 0.1) is 13.8 Å². The first-order valence-corrected chi connectivity index (χ1v) is 9.30. The minimum Gasteiger partial charge on any atom is -0.372 e. The largest absolute Gasteiger partial charge is 0.372 e. The predicted molar refractivity (Wildman–Crippen MR) is 90.5 cm³/mol. The second-order valence-corrected chi connectivity index (χ2v) is 7.86. The van der Waals surface area contributed by atoms with Gasteiger partial charge < -0.3 is 18.9 Å². The van der Waals surface area contributed by atoms with Gasteiger partial charge in [0.2, 0.25) is 0 Å². The summed E-state index contributed by atoms with van der Waals surface area (Å²) in [5, 5.41) is 6.88. The quantitative estimate of drug-likeness (QED) is 0.830. The van der Waals surface area contributed by atoms with Gasteiger partial charge in [-0.25, -0.2) is 4.98 Å². The van der Waals surface area contributed by atoms with Crippen molar-refractivity contribution in [3.05, 3.63) is 33.6 Å². The van der Waals surface area contributed by atoms with Gasteiger partial charge in [0.1, 0.15) is 11.4 Å². The molecule has 1 amide bonds. The molecule has 25 heavy (non-hydrogen) atoms. The van der Waals surface area contributed by atoms with E-state index in [9.17, 15) is 4.79 Å². The number of hydrogen-bond acceptors (Lipinski definition) is 7. The maximum absolute atomic E-state index is 12.4. The van der Waals surface area contributed by atoms with Crippen LogP contribution in [0.15, 0.2) is 16.0 Å². The average Bonchev–Trinajstić information content (AvgIpc) is 3.18. The lowest BCUT2D eigenvalue weighted by Crippen LogP contribution is -2.67. The Balaban J connectivity index is 1.30. The van der Waals surface area contributed by atoms with Gasteiger partial charge in [-0.3, -0.25) is 4.79 Å². The Labute approximate surface area is 149 Å². The van der Waals surface area contributed by atoms with E-state index in [4.69, 9.17) is 14.0 Å². The Morgan fingerprint density at radius 2 is 2.32 bits per heavy atom. The molecule has 2 fully saturated rings. The summed E-state index contributed by atoms with van der Waals surface area (Å²) >= 11 is 1.64. The molecule has 0 saturated carbocycles. The van der Waals surface area contributed by atoms with Crippen LogP contribution in [0.3, 0.4) is 0 Å². The van der Waals surface area contributed by atoms with Crippen molar-refractivity contribution in [2.45, 2.75) is 45.0 Å². The first-order chi connectivity index (χ1) is 12.0. The van der Waals surface area contributed by atoms with Gasteiger partial charge in [-0.05, 0) is 20.3 Å². The Hall–Kier alpha value is -1.77. The third-order valence-electron chi connectivity index (χ3n) is 4.67. The van der Waals surface area contributed by atoms with E-state index >= 15 is 0 Å². The van der Waals surface area contributed by atoms with E-state index in [-0.39, 0.29) is 17.6 Å². The zero-order valence-corrected chi connectivity index (χ0v) is 15.2. The first-order valence-electron chi connectivity index (χ1n) is 8.42. The van der Waals surface area contributed by atoms with Crippen LogP contribution < -0.4 is 0 Å². The molecule has 2 aromatic heterocycles. The Kier molecular flexibility index (Phi) is 4.35. The van der Waals surface area contributed by atoms with E-state index in [2.05, 4.69) is 10.1 Å². The number of nitrogens with zero attached hydrogens (tertiary/aromatic N) is 3. The van der Waals surface area contributed by atoms with Crippen molar-refractivity contribution < 1.29 is 18.8 Å². The smallest absolute Gasteiger partial charge is 0.276 e. The summed E-state index contributed by atoms with van der Waals surface area (Å²) in [6, 6.07) is 1.66. The van der Waals surface area contributed by atoms with E-state index in [0.717, 1.165) is 23.5 Å². The Morgan fingerprint density at radius 1 is 1.48 bits per heavy atom. The monoisotopic (exact) mass is 363 g/mol. The number of carbonyl (C=O) groups excluding carboxylic acids is 1. The molecule has 134 valence electrons. The highest BCUT2D eigenvalue weighted by molar-refractivity contribution is 7.09. The molecule has 2 aliphatic rings. The number of carbonyl (C=O) groups is 1. The second kappa shape index (κ2) is 6.51. The number of aromatic nitrogens is 2. The van der Waals surface area contributed by atoms with E-state index in [1.54, 1.807) is 29.2 Å². The topological polar surface area (TPSA) is 77.7 Å². The van der Waals surface area contributed by atoms with Crippen molar-refractivity contribution in [1.29, 1.82) is 0 Å². The van der Waals surface area contributed by atoms with Crippen LogP contribution in [-0.2, 0) is 16.1 Å². The molecule has 1 atom stereocenters. The van der Waals surface area contributed by atoms with E-state index < -0.39 is 0 Å². The van der Waals surface area contributed by atoms with E-state index in [1.807, 2.05) is 12.3 Å². The number of likely N-dealkylation sites (tertiary alicyclic amines) is 1. The number of rotatable bonds is 4. The minimum atomic E-state index is -0.282. The van der Waals surface area contributed by atoms with Gasteiger partial charge in [0.25, 0.3) is 5.91 Å². The number of ether oxygens (including phenoxy) is 2. The van der Waals surface area contributed by atoms with Crippen molar-refractivity contribution in [2.24, 2.45) is 0 Å². The van der Waals surface area contributed by atoms with Crippen molar-refractivity contribution in [2.75, 3.05) is 19.7 Å². The third-order valence-corrected chi connectivity index (χ3v) is 5.50. The lowest BCUT2D eigenvalue weighted by molar-refractivity contribution is -0.188. The van der Waals surface area contributed by atoms with Gasteiger partial charge in [-0.1, -0.05) is 5.16 Å². The van der Waals surface area contributed by atoms with E-state index in [1.165, 1.54) is 0 Å². The van der Waals surface area contributed by atoms with Gasteiger partial charge in [-0.2, -0.15) is 0 Å². The van der Waals surface area contributed by atoms with Crippen molar-refractivity contribution in [3.8, 4) is 0 Å². The van der Waals surface area contributed by atoms with Gasteiger partial charge in [0.15, 0.2) is 5.69 Å². The highest BCUT2D eigenvalue weighted by atomic mass is 32.1. The summed E-state index contributed by atoms with van der Waals surface area (Å²) in [5.41, 5.74) is 1.06. The van der Waals surface area contributed by atoms with Crippen LogP contribution in [0.2, 0.25) is 0 Å². The fourth-order valence-corrected chi connectivity index (χ4v) is 4.04. The van der Waals surface area contributed by atoms with Crippen LogP contribution in [-0.4, -0.2) is 52.3 Å². The summed E-state index contributed by atoms with van der Waals surface area (Å²) in [5.74, 6) is 0.533. The molecule has 2 aromatic rings. The van der Waals surface area contributed by atoms with Crippen LogP contribution >= 0.6 is 11.3 Å². The molecule has 0 bridgehead atoms. The summed E-state index contributed by atoms with van der Waals surface area (Å²) in [4.78, 5) is 18.6. The van der Waals surface area contributed by atoms with E-state index in [0.29, 0.717) is 37.8 Å². The molecule has 4 heterocycles. The highest BCUT2D eigenvalue weighted by Crippen LogP contribution is 2.36. The van der Waals surface area contributed by atoms with Gasteiger partial charge >= 0.3 is 0 Å². The summed E-state index contributed by atoms with van der Waals surface area (Å²) in [6.07, 6.45) is 1.82. The van der Waals surface area contributed by atoms with Gasteiger partial charge in [0.05, 0.1) is 36.5 Å². The molecule has 2 aliphatic heterocycles. The van der Waals surface area contributed by atoms with Crippen LogP contribution in [0.5, 0.6) is 0 Å². The zero-order chi connectivity index (χ0) is 17.4. The number of hydrogen-bond donors (Lipinski definition) is 0. The molecule has 0 radical (unpaired) electrons. The maximum Gasteiger partial charge on any atom is 0.276 e. The zero-order valence-electron chi connectivity index (χ0n) is 14.4. The fourth-order valence-electron chi connectivity index (χ4n) is 3.45. The summed E-state index contributed by atoms with van der Waals surface area (Å²) < 4.78 is 17.0. The van der Waals surface area contributed by atoms with Gasteiger partial charge in [0, 0.05) is 24.5 Å². The van der Waals surface area contributed by atoms with Crippen LogP contribution in [0.4, 0.5) is 0 Å². The Morgan fingerprint density at radius 3 is 3.00 bits per heavy atom. The third kappa shape index (κ3) is 3.47. The molecule has 0 aromatic carbocycles. The lowest BCUT2D eigenvalue weighted by atomic mass is 9.84. The van der Waals surface area contributed by atoms with Crippen molar-refractivity contribution >= 4 is 17.2 Å². The minimum absolute atomic E-state index is 0.105. The standard InChI is InChI=1S/C17H21N3O4S/c1-11-5-15(19-24-11)16(21)20-9-17(10-20)6-14(3-4-23-17)22-7-13-8-25-12(2)18-13/h5,8,14H,3-4,6-7,9-10H2,1-2H3/t14-/m1/s1. The molecular formula is C17H21N3O4S. The fraction of sp³-hybridized carbons (Fsp3) is 0.588. The molecule has 0 N–H and O–H groups in total. The normalized spacial score (nSPS) is 22.2.